The van der Waals surface area contributed by atoms with Gasteiger partial charge in [0.1, 0.15) is 0 Å². The largest absolute Gasteiger partial charge is 0.378 e. The van der Waals surface area contributed by atoms with Crippen molar-refractivity contribution in [1.29, 1.82) is 0 Å². The first-order chi connectivity index (χ1) is 15.8. The molecule has 1 aromatic carbocycles. The van der Waals surface area contributed by atoms with Crippen LogP contribution >= 0.6 is 0 Å². The van der Waals surface area contributed by atoms with E-state index in [4.69, 9.17) is 0 Å². The molecule has 4 aliphatic carbocycles. The average molecular weight is 464 g/mol. The SMILES string of the molecule is CN(C)c1ccc([C@H]2C[C@@]3(C)C(CC[C@@]34CCCS4=O)C3CCC4=CC(=O)CCC4=C32)cc1. The third-order valence-corrected chi connectivity index (χ3v) is 12.6. The molecule has 0 N–H and O–H groups in total. The van der Waals surface area contributed by atoms with Gasteiger partial charge in [0.2, 0.25) is 0 Å². The first-order valence-electron chi connectivity index (χ1n) is 13.0. The molecular weight excluding hydrogens is 426 g/mol. The zero-order valence-electron chi connectivity index (χ0n) is 20.4. The summed E-state index contributed by atoms with van der Waals surface area (Å²) in [4.78, 5) is 14.4. The molecule has 0 aromatic heterocycles. The van der Waals surface area contributed by atoms with Gasteiger partial charge in [-0.05, 0) is 104 Å². The van der Waals surface area contributed by atoms with E-state index in [-0.39, 0.29) is 10.2 Å². The molecule has 3 nitrogen and oxygen atoms in total. The van der Waals surface area contributed by atoms with Crippen molar-refractivity contribution < 1.29 is 9.00 Å². The minimum absolute atomic E-state index is 0.0222. The van der Waals surface area contributed by atoms with Crippen molar-refractivity contribution in [2.75, 3.05) is 24.7 Å². The second-order valence-corrected chi connectivity index (χ2v) is 13.5. The van der Waals surface area contributed by atoms with Gasteiger partial charge in [0.25, 0.3) is 0 Å². The first kappa shape index (κ1) is 21.8. The van der Waals surface area contributed by atoms with Gasteiger partial charge in [-0.2, -0.15) is 0 Å². The highest BCUT2D eigenvalue weighted by Crippen LogP contribution is 2.69. The normalized spacial score (nSPS) is 39.8. The van der Waals surface area contributed by atoms with Crippen molar-refractivity contribution >= 4 is 22.3 Å². The maximum Gasteiger partial charge on any atom is 0.156 e. The molecule has 1 aliphatic heterocycles. The Labute approximate surface area is 201 Å². The average Bonchev–Trinajstić information content (AvgIpc) is 3.33. The van der Waals surface area contributed by atoms with E-state index in [1.807, 2.05) is 6.08 Å². The van der Waals surface area contributed by atoms with Crippen LogP contribution in [0.4, 0.5) is 5.69 Å². The summed E-state index contributed by atoms with van der Waals surface area (Å²) >= 11 is 0. The number of allylic oxidation sites excluding steroid dienone is 4. The molecule has 5 aliphatic rings. The summed E-state index contributed by atoms with van der Waals surface area (Å²) in [6.45, 7) is 2.52. The van der Waals surface area contributed by atoms with E-state index in [2.05, 4.69) is 50.2 Å². The third kappa shape index (κ3) is 3.05. The lowest BCUT2D eigenvalue weighted by Crippen LogP contribution is -2.52. The van der Waals surface area contributed by atoms with E-state index in [0.29, 0.717) is 30.0 Å². The molecule has 3 fully saturated rings. The van der Waals surface area contributed by atoms with Crippen LogP contribution < -0.4 is 4.90 Å². The molecule has 33 heavy (non-hydrogen) atoms. The van der Waals surface area contributed by atoms with Gasteiger partial charge in [0.15, 0.2) is 5.78 Å². The highest BCUT2D eigenvalue weighted by molar-refractivity contribution is 7.86. The lowest BCUT2D eigenvalue weighted by Gasteiger charge is -2.55. The van der Waals surface area contributed by atoms with Crippen molar-refractivity contribution in [2.24, 2.45) is 17.3 Å². The standard InChI is InChI=1S/C29H37NO2S/c1-28-18-25(19-5-8-21(9-6-19)30(2)3)27-23-12-10-22(31)17-20(23)7-11-24(27)26(28)13-15-29(28)14-4-16-33(29)32/h5-6,8-9,17,24-26H,4,7,10-16,18H2,1-3H3/t24?,25-,26?,28+,29+,33?/m1/s1. The van der Waals surface area contributed by atoms with Crippen LogP contribution in [0, 0.1) is 17.3 Å². The molecule has 3 unspecified atom stereocenters. The Kier molecular flexibility index (Phi) is 5.07. The monoisotopic (exact) mass is 463 g/mol. The number of anilines is 1. The molecule has 0 radical (unpaired) electrons. The number of nitrogens with zero attached hydrogens (tertiary/aromatic N) is 1. The quantitative estimate of drug-likeness (QED) is 0.545. The van der Waals surface area contributed by atoms with Gasteiger partial charge in [0, 0.05) is 48.7 Å². The molecule has 0 bridgehead atoms. The molecule has 0 amide bonds. The van der Waals surface area contributed by atoms with E-state index in [1.165, 1.54) is 28.8 Å². The molecule has 2 saturated carbocycles. The predicted octanol–water partition coefficient (Wildman–Crippen LogP) is 5.93. The molecular formula is C29H37NO2S. The Morgan fingerprint density at radius 3 is 2.52 bits per heavy atom. The smallest absolute Gasteiger partial charge is 0.156 e. The van der Waals surface area contributed by atoms with E-state index in [0.717, 1.165) is 50.7 Å². The van der Waals surface area contributed by atoms with Gasteiger partial charge in [0.05, 0.1) is 4.75 Å². The van der Waals surface area contributed by atoms with Gasteiger partial charge >= 0.3 is 0 Å². The van der Waals surface area contributed by atoms with Crippen LogP contribution in [0.3, 0.4) is 0 Å². The maximum atomic E-state index is 13.5. The molecule has 4 heteroatoms. The van der Waals surface area contributed by atoms with Crippen LogP contribution in [0.25, 0.3) is 0 Å². The van der Waals surface area contributed by atoms with Gasteiger partial charge in [-0.1, -0.05) is 24.6 Å². The van der Waals surface area contributed by atoms with E-state index in [1.54, 1.807) is 5.57 Å². The number of rotatable bonds is 2. The highest BCUT2D eigenvalue weighted by atomic mass is 32.2. The number of hydrogen-bond donors (Lipinski definition) is 0. The zero-order valence-corrected chi connectivity index (χ0v) is 21.2. The topological polar surface area (TPSA) is 37.4 Å². The van der Waals surface area contributed by atoms with Crippen LogP contribution in [0.1, 0.15) is 76.2 Å². The Bertz CT molecular complexity index is 1080. The lowest BCUT2D eigenvalue weighted by atomic mass is 9.51. The minimum Gasteiger partial charge on any atom is -0.378 e. The Morgan fingerprint density at radius 1 is 1.03 bits per heavy atom. The number of benzene rings is 1. The third-order valence-electron chi connectivity index (χ3n) is 10.2. The summed E-state index contributed by atoms with van der Waals surface area (Å²) in [6.07, 6.45) is 11.5. The minimum atomic E-state index is -0.699. The molecule has 1 aromatic rings. The Morgan fingerprint density at radius 2 is 1.82 bits per heavy atom. The summed E-state index contributed by atoms with van der Waals surface area (Å²) in [5.41, 5.74) is 7.28. The summed E-state index contributed by atoms with van der Waals surface area (Å²) in [7, 11) is 3.49. The maximum absolute atomic E-state index is 13.5. The fraction of sp³-hybridized carbons (Fsp3) is 0.621. The van der Waals surface area contributed by atoms with E-state index >= 15 is 0 Å². The van der Waals surface area contributed by atoms with Gasteiger partial charge in [-0.25, -0.2) is 0 Å². The van der Waals surface area contributed by atoms with E-state index in [9.17, 15) is 9.00 Å². The number of hydrogen-bond acceptors (Lipinski definition) is 3. The number of carbonyl (C=O) groups excluding carboxylic acids is 1. The Hall–Kier alpha value is -1.68. The van der Waals surface area contributed by atoms with Crippen molar-refractivity contribution in [2.45, 2.75) is 75.4 Å². The summed E-state index contributed by atoms with van der Waals surface area (Å²) < 4.78 is 13.5. The fourth-order valence-corrected chi connectivity index (χ4v) is 10.9. The Balaban J connectivity index is 1.51. The summed E-state index contributed by atoms with van der Waals surface area (Å²) in [6, 6.07) is 9.19. The molecule has 1 heterocycles. The predicted molar refractivity (Wildman–Crippen MR) is 136 cm³/mol. The van der Waals surface area contributed by atoms with Crippen LogP contribution in [-0.2, 0) is 15.6 Å². The molecule has 176 valence electrons. The van der Waals surface area contributed by atoms with Crippen LogP contribution in [0.15, 0.2) is 47.1 Å². The van der Waals surface area contributed by atoms with Gasteiger partial charge in [-0.15, -0.1) is 0 Å². The number of carbonyl (C=O) groups is 1. The van der Waals surface area contributed by atoms with E-state index < -0.39 is 10.8 Å². The summed E-state index contributed by atoms with van der Waals surface area (Å²) in [5, 5.41) is 0. The second-order valence-electron chi connectivity index (χ2n) is 11.7. The van der Waals surface area contributed by atoms with Crippen LogP contribution in [0.5, 0.6) is 0 Å². The number of fused-ring (bicyclic) bond motifs is 5. The van der Waals surface area contributed by atoms with Crippen molar-refractivity contribution in [1.82, 2.24) is 0 Å². The zero-order chi connectivity index (χ0) is 23.0. The fourth-order valence-electron chi connectivity index (χ4n) is 8.62. The number of ketones is 1. The molecule has 6 rings (SSSR count). The van der Waals surface area contributed by atoms with Gasteiger partial charge in [-0.3, -0.25) is 9.00 Å². The van der Waals surface area contributed by atoms with Crippen molar-refractivity contribution in [3.63, 3.8) is 0 Å². The van der Waals surface area contributed by atoms with Gasteiger partial charge < -0.3 is 4.90 Å². The molecule has 1 saturated heterocycles. The molecule has 6 atom stereocenters. The highest BCUT2D eigenvalue weighted by Gasteiger charge is 2.66. The second kappa shape index (κ2) is 7.66. The van der Waals surface area contributed by atoms with Crippen molar-refractivity contribution in [3.8, 4) is 0 Å². The first-order valence-corrected chi connectivity index (χ1v) is 14.3. The van der Waals surface area contributed by atoms with Crippen molar-refractivity contribution in [3.05, 3.63) is 52.6 Å². The van der Waals surface area contributed by atoms with Crippen LogP contribution in [-0.4, -0.2) is 34.6 Å². The lowest BCUT2D eigenvalue weighted by molar-refractivity contribution is -0.114. The summed E-state index contributed by atoms with van der Waals surface area (Å²) in [5.74, 6) is 2.81. The van der Waals surface area contributed by atoms with Crippen LogP contribution in [0.2, 0.25) is 0 Å². The molecule has 1 spiro atoms.